The van der Waals surface area contributed by atoms with Crippen LogP contribution in [0.15, 0.2) is 48.5 Å². The molecule has 1 amide bonds. The number of nitro benzene ring substituents is 1. The van der Waals surface area contributed by atoms with Crippen LogP contribution in [0.25, 0.3) is 6.08 Å². The second-order valence-corrected chi connectivity index (χ2v) is 5.98. The lowest BCUT2D eigenvalue weighted by molar-refractivity contribution is -0.384. The Hall–Kier alpha value is -2.48. The van der Waals surface area contributed by atoms with Crippen molar-refractivity contribution in [2.24, 2.45) is 0 Å². The van der Waals surface area contributed by atoms with E-state index in [0.29, 0.717) is 21.3 Å². The third kappa shape index (κ3) is 5.82. The lowest BCUT2D eigenvalue weighted by Gasteiger charge is -2.08. The van der Waals surface area contributed by atoms with Crippen molar-refractivity contribution in [2.75, 3.05) is 5.32 Å². The first kappa shape index (κ1) is 18.9. The van der Waals surface area contributed by atoms with E-state index in [-0.39, 0.29) is 10.8 Å². The first-order valence-corrected chi connectivity index (χ1v) is 8.01. The molecule has 2 aromatic rings. The molecular formula is C16H11Cl2N3O3S. The summed E-state index contributed by atoms with van der Waals surface area (Å²) in [5.41, 5.74) is 1.04. The van der Waals surface area contributed by atoms with E-state index in [1.54, 1.807) is 24.3 Å². The van der Waals surface area contributed by atoms with Crippen molar-refractivity contribution < 1.29 is 9.72 Å². The minimum absolute atomic E-state index is 0.0561. The van der Waals surface area contributed by atoms with E-state index in [1.165, 1.54) is 30.4 Å². The number of thiocarbonyl (C=S) groups is 1. The predicted octanol–water partition coefficient (Wildman–Crippen LogP) is 4.43. The molecule has 0 heterocycles. The van der Waals surface area contributed by atoms with Crippen LogP contribution in [0, 0.1) is 10.1 Å². The molecule has 9 heteroatoms. The van der Waals surface area contributed by atoms with E-state index < -0.39 is 10.8 Å². The van der Waals surface area contributed by atoms with Crippen molar-refractivity contribution in [3.8, 4) is 0 Å². The summed E-state index contributed by atoms with van der Waals surface area (Å²) in [5.74, 6) is -0.482. The van der Waals surface area contributed by atoms with Crippen molar-refractivity contribution in [1.29, 1.82) is 0 Å². The topological polar surface area (TPSA) is 84.3 Å². The largest absolute Gasteiger partial charge is 0.332 e. The van der Waals surface area contributed by atoms with Crippen LogP contribution >= 0.6 is 35.4 Å². The molecule has 6 nitrogen and oxygen atoms in total. The van der Waals surface area contributed by atoms with Gasteiger partial charge in [-0.25, -0.2) is 0 Å². The lowest BCUT2D eigenvalue weighted by atomic mass is 10.2. The molecular weight excluding hydrogens is 385 g/mol. The monoisotopic (exact) mass is 395 g/mol. The molecule has 0 fully saturated rings. The molecule has 0 bridgehead atoms. The Morgan fingerprint density at radius 1 is 1.16 bits per heavy atom. The molecule has 128 valence electrons. The van der Waals surface area contributed by atoms with E-state index in [0.717, 1.165) is 0 Å². The molecule has 0 unspecified atom stereocenters. The molecule has 25 heavy (non-hydrogen) atoms. The zero-order valence-corrected chi connectivity index (χ0v) is 14.9. The van der Waals surface area contributed by atoms with E-state index in [4.69, 9.17) is 35.4 Å². The average Bonchev–Trinajstić information content (AvgIpc) is 2.56. The van der Waals surface area contributed by atoms with E-state index in [9.17, 15) is 14.9 Å². The van der Waals surface area contributed by atoms with Crippen LogP contribution in [0.4, 0.5) is 11.4 Å². The highest BCUT2D eigenvalue weighted by Gasteiger charge is 2.06. The molecule has 0 aliphatic carbocycles. The summed E-state index contributed by atoms with van der Waals surface area (Å²) < 4.78 is 0. The van der Waals surface area contributed by atoms with Gasteiger partial charge in [0.05, 0.1) is 15.0 Å². The number of halogens is 2. The first-order valence-electron chi connectivity index (χ1n) is 6.85. The molecule has 2 rings (SSSR count). The molecule has 0 spiro atoms. The second kappa shape index (κ2) is 8.57. The summed E-state index contributed by atoms with van der Waals surface area (Å²) in [6.07, 6.45) is 2.67. The Morgan fingerprint density at radius 3 is 2.60 bits per heavy atom. The van der Waals surface area contributed by atoms with Gasteiger partial charge in [-0.1, -0.05) is 35.3 Å². The number of amides is 1. The zero-order valence-electron chi connectivity index (χ0n) is 12.5. The maximum absolute atomic E-state index is 11.9. The fourth-order valence-electron chi connectivity index (χ4n) is 1.80. The minimum atomic E-state index is -0.506. The Kier molecular flexibility index (Phi) is 6.46. The van der Waals surface area contributed by atoms with Crippen molar-refractivity contribution in [2.45, 2.75) is 0 Å². The van der Waals surface area contributed by atoms with Crippen molar-refractivity contribution in [3.63, 3.8) is 0 Å². The summed E-state index contributed by atoms with van der Waals surface area (Å²) in [6, 6.07) is 10.7. The molecule has 2 N–H and O–H groups in total. The minimum Gasteiger partial charge on any atom is -0.332 e. The van der Waals surface area contributed by atoms with Gasteiger partial charge in [-0.05, 0) is 42.1 Å². The normalized spacial score (nSPS) is 10.5. The van der Waals surface area contributed by atoms with Crippen LogP contribution in [0.1, 0.15) is 5.56 Å². The number of carbonyl (C=O) groups is 1. The van der Waals surface area contributed by atoms with Crippen molar-refractivity contribution >= 4 is 63.9 Å². The molecule has 0 atom stereocenters. The fourth-order valence-corrected chi connectivity index (χ4v) is 2.32. The maximum atomic E-state index is 11.9. The van der Waals surface area contributed by atoms with Gasteiger partial charge in [-0.3, -0.25) is 20.2 Å². The number of carbonyl (C=O) groups excluding carboxylic acids is 1. The first-order chi connectivity index (χ1) is 11.8. The highest BCUT2D eigenvalue weighted by atomic mass is 35.5. The van der Waals surface area contributed by atoms with Crippen molar-refractivity contribution in [1.82, 2.24) is 5.32 Å². The van der Waals surface area contributed by atoms with E-state index in [2.05, 4.69) is 10.6 Å². The van der Waals surface area contributed by atoms with Crippen LogP contribution < -0.4 is 10.6 Å². The number of non-ortho nitro benzene ring substituents is 1. The highest BCUT2D eigenvalue weighted by Crippen LogP contribution is 2.24. The summed E-state index contributed by atoms with van der Waals surface area (Å²) >= 11 is 16.7. The summed E-state index contributed by atoms with van der Waals surface area (Å²) in [6.45, 7) is 0. The molecule has 0 saturated heterocycles. The standard InChI is InChI=1S/C16H11Cl2N3O3S/c17-13-6-5-11(9-14(13)18)19-16(25)20-15(22)7-4-10-2-1-3-12(8-10)21(23)24/h1-9H,(H2,19,20,22,25)/b7-4+. The van der Waals surface area contributed by atoms with E-state index in [1.807, 2.05) is 0 Å². The van der Waals surface area contributed by atoms with E-state index >= 15 is 0 Å². The zero-order chi connectivity index (χ0) is 18.4. The smallest absolute Gasteiger partial charge is 0.270 e. The average molecular weight is 396 g/mol. The number of nitro groups is 1. The SMILES string of the molecule is O=C(/C=C/c1cccc([N+](=O)[O-])c1)NC(=S)Nc1ccc(Cl)c(Cl)c1. The fraction of sp³-hybridized carbons (Fsp3) is 0. The van der Waals surface area contributed by atoms with Gasteiger partial charge in [-0.2, -0.15) is 0 Å². The number of nitrogens with zero attached hydrogens (tertiary/aromatic N) is 1. The van der Waals surface area contributed by atoms with Gasteiger partial charge >= 0.3 is 0 Å². The third-order valence-electron chi connectivity index (χ3n) is 2.92. The van der Waals surface area contributed by atoms with Gasteiger partial charge in [0.1, 0.15) is 0 Å². The van der Waals surface area contributed by atoms with Gasteiger partial charge in [0.15, 0.2) is 5.11 Å². The Bertz CT molecular complexity index is 871. The second-order valence-electron chi connectivity index (χ2n) is 4.76. The third-order valence-corrected chi connectivity index (χ3v) is 3.87. The molecule has 0 aromatic heterocycles. The maximum Gasteiger partial charge on any atom is 0.270 e. The van der Waals surface area contributed by atoms with Crippen LogP contribution in [0.3, 0.4) is 0 Å². The van der Waals surface area contributed by atoms with Crippen LogP contribution in [0.2, 0.25) is 10.0 Å². The number of hydrogen-bond acceptors (Lipinski definition) is 4. The summed E-state index contributed by atoms with van der Waals surface area (Å²) in [7, 11) is 0. The summed E-state index contributed by atoms with van der Waals surface area (Å²) in [5, 5.41) is 16.8. The van der Waals surface area contributed by atoms with Gasteiger partial charge in [0.25, 0.3) is 5.69 Å². The van der Waals surface area contributed by atoms with Crippen LogP contribution in [0.5, 0.6) is 0 Å². The number of hydrogen-bond donors (Lipinski definition) is 2. The molecule has 2 aromatic carbocycles. The molecule has 0 aliphatic heterocycles. The van der Waals surface area contributed by atoms with Gasteiger partial charge in [0, 0.05) is 23.9 Å². The lowest BCUT2D eigenvalue weighted by Crippen LogP contribution is -2.32. The molecule has 0 radical (unpaired) electrons. The number of rotatable bonds is 4. The Balaban J connectivity index is 1.94. The molecule has 0 saturated carbocycles. The van der Waals surface area contributed by atoms with Gasteiger partial charge in [0.2, 0.25) is 5.91 Å². The Labute approximate surface area is 158 Å². The van der Waals surface area contributed by atoms with Crippen molar-refractivity contribution in [3.05, 3.63) is 74.3 Å². The van der Waals surface area contributed by atoms with Gasteiger partial charge in [-0.15, -0.1) is 0 Å². The van der Waals surface area contributed by atoms with Gasteiger partial charge < -0.3 is 5.32 Å². The molecule has 0 aliphatic rings. The van der Waals surface area contributed by atoms with Crippen LogP contribution in [-0.4, -0.2) is 15.9 Å². The highest BCUT2D eigenvalue weighted by molar-refractivity contribution is 7.80. The summed E-state index contributed by atoms with van der Waals surface area (Å²) in [4.78, 5) is 22.1. The number of nitrogens with one attached hydrogen (secondary N) is 2. The number of benzene rings is 2. The predicted molar refractivity (Wildman–Crippen MR) is 103 cm³/mol. The Morgan fingerprint density at radius 2 is 1.92 bits per heavy atom. The number of anilines is 1. The van der Waals surface area contributed by atoms with Crippen LogP contribution in [-0.2, 0) is 4.79 Å². The quantitative estimate of drug-likeness (QED) is 0.346.